The smallest absolute Gasteiger partial charge is 0.287 e. The first-order chi connectivity index (χ1) is 10.1. The molecular formula is C14H22N4O3. The number of hydrogen-bond acceptors (Lipinski definition) is 4. The first-order valence-corrected chi connectivity index (χ1v) is 7.48. The molecule has 1 aliphatic rings. The maximum atomic E-state index is 12.2. The van der Waals surface area contributed by atoms with Crippen LogP contribution in [0.15, 0.2) is 12.3 Å². The quantitative estimate of drug-likeness (QED) is 0.591. The monoisotopic (exact) mass is 294 g/mol. The second-order valence-electron chi connectivity index (χ2n) is 5.37. The molecule has 1 atom stereocenters. The molecule has 0 bridgehead atoms. The summed E-state index contributed by atoms with van der Waals surface area (Å²) in [5.74, 6) is -0.241. The first-order valence-electron chi connectivity index (χ1n) is 7.48. The van der Waals surface area contributed by atoms with Crippen molar-refractivity contribution in [3.05, 3.63) is 28.1 Å². The normalized spacial score (nSPS) is 17.9. The van der Waals surface area contributed by atoms with E-state index in [1.165, 1.54) is 18.7 Å². The van der Waals surface area contributed by atoms with Crippen LogP contribution in [0, 0.1) is 10.1 Å². The zero-order valence-electron chi connectivity index (χ0n) is 12.3. The Morgan fingerprint density at radius 1 is 1.62 bits per heavy atom. The summed E-state index contributed by atoms with van der Waals surface area (Å²) in [5, 5.41) is 17.1. The average molecular weight is 294 g/mol. The predicted molar refractivity (Wildman–Crippen MR) is 79.4 cm³/mol. The Balaban J connectivity index is 1.94. The molecule has 116 valence electrons. The molecule has 0 spiro atoms. The molecule has 0 saturated carbocycles. The first kappa shape index (κ1) is 15.5. The van der Waals surface area contributed by atoms with Gasteiger partial charge in [0.1, 0.15) is 5.69 Å². The fourth-order valence-corrected chi connectivity index (χ4v) is 2.66. The van der Waals surface area contributed by atoms with Gasteiger partial charge in [0.05, 0.1) is 11.1 Å². The summed E-state index contributed by atoms with van der Waals surface area (Å²) >= 11 is 0. The van der Waals surface area contributed by atoms with Crippen LogP contribution in [0.3, 0.4) is 0 Å². The number of aryl methyl sites for hydroxylation is 1. The molecule has 1 fully saturated rings. The molecule has 0 aromatic carbocycles. The molecular weight excluding hydrogens is 272 g/mol. The van der Waals surface area contributed by atoms with Crippen LogP contribution in [-0.4, -0.2) is 34.5 Å². The summed E-state index contributed by atoms with van der Waals surface area (Å²) in [5.41, 5.74) is 0.328. The number of carbonyl (C=O) groups excluding carboxylic acids is 1. The van der Waals surface area contributed by atoms with Crippen molar-refractivity contribution in [1.82, 2.24) is 15.2 Å². The number of carbonyl (C=O) groups is 1. The molecule has 0 radical (unpaired) electrons. The van der Waals surface area contributed by atoms with Gasteiger partial charge in [-0.25, -0.2) is 0 Å². The third kappa shape index (κ3) is 4.04. The number of aromatic nitrogens is 1. The zero-order chi connectivity index (χ0) is 15.2. The predicted octanol–water partition coefficient (Wildman–Crippen LogP) is 1.68. The Bertz CT molecular complexity index is 506. The van der Waals surface area contributed by atoms with Crippen LogP contribution >= 0.6 is 0 Å². The van der Waals surface area contributed by atoms with Gasteiger partial charge in [-0.3, -0.25) is 14.9 Å². The van der Waals surface area contributed by atoms with Gasteiger partial charge in [0.2, 0.25) is 0 Å². The van der Waals surface area contributed by atoms with E-state index in [-0.39, 0.29) is 11.6 Å². The molecule has 2 heterocycles. The fourth-order valence-electron chi connectivity index (χ4n) is 2.66. The lowest BCUT2D eigenvalue weighted by Crippen LogP contribution is -2.31. The molecule has 0 aliphatic carbocycles. The van der Waals surface area contributed by atoms with Crippen LogP contribution in [-0.2, 0) is 6.54 Å². The van der Waals surface area contributed by atoms with Crippen LogP contribution in [0.4, 0.5) is 5.69 Å². The maximum absolute atomic E-state index is 12.2. The van der Waals surface area contributed by atoms with Gasteiger partial charge in [-0.05, 0) is 32.2 Å². The van der Waals surface area contributed by atoms with E-state index >= 15 is 0 Å². The molecule has 1 amide bonds. The third-order valence-electron chi connectivity index (χ3n) is 3.73. The molecule has 1 saturated heterocycles. The Morgan fingerprint density at radius 3 is 3.05 bits per heavy atom. The molecule has 1 unspecified atom stereocenters. The number of nitro groups is 1. The van der Waals surface area contributed by atoms with Crippen LogP contribution in [0.2, 0.25) is 0 Å². The summed E-state index contributed by atoms with van der Waals surface area (Å²) in [7, 11) is 0. The lowest BCUT2D eigenvalue weighted by atomic mass is 10.1. The fraction of sp³-hybridized carbons (Fsp3) is 0.643. The van der Waals surface area contributed by atoms with Gasteiger partial charge >= 0.3 is 0 Å². The minimum atomic E-state index is -0.467. The lowest BCUT2D eigenvalue weighted by molar-refractivity contribution is -0.384. The minimum absolute atomic E-state index is 0.0361. The highest BCUT2D eigenvalue weighted by Crippen LogP contribution is 2.17. The summed E-state index contributed by atoms with van der Waals surface area (Å²) in [6.07, 6.45) is 5.47. The number of rotatable bonds is 7. The van der Waals surface area contributed by atoms with E-state index in [4.69, 9.17) is 0 Å². The van der Waals surface area contributed by atoms with Gasteiger partial charge in [0.15, 0.2) is 0 Å². The molecule has 7 nitrogen and oxygen atoms in total. The summed E-state index contributed by atoms with van der Waals surface area (Å²) in [6, 6.07) is 1.82. The second-order valence-corrected chi connectivity index (χ2v) is 5.37. The number of amides is 1. The Kier molecular flexibility index (Phi) is 5.32. The molecule has 2 N–H and O–H groups in total. The standard InChI is InChI=1S/C14H22N4O3/c1-2-8-17-10-12(18(20)21)9-13(17)14(19)16-7-5-11-4-3-6-15-11/h9-11,15H,2-8H2,1H3,(H,16,19). The molecule has 1 aromatic rings. The van der Waals surface area contributed by atoms with Gasteiger partial charge < -0.3 is 15.2 Å². The minimum Gasteiger partial charge on any atom is -0.351 e. The SMILES string of the molecule is CCCn1cc([N+](=O)[O-])cc1C(=O)NCCC1CCCN1. The second kappa shape index (κ2) is 7.21. The van der Waals surface area contributed by atoms with Gasteiger partial charge in [-0.1, -0.05) is 6.92 Å². The van der Waals surface area contributed by atoms with E-state index in [2.05, 4.69) is 10.6 Å². The summed E-state index contributed by atoms with van der Waals surface area (Å²) in [6.45, 7) is 4.20. The highest BCUT2D eigenvalue weighted by atomic mass is 16.6. The van der Waals surface area contributed by atoms with Crippen molar-refractivity contribution in [2.75, 3.05) is 13.1 Å². The Morgan fingerprint density at radius 2 is 2.43 bits per heavy atom. The van der Waals surface area contributed by atoms with E-state index in [0.29, 0.717) is 24.8 Å². The van der Waals surface area contributed by atoms with Crippen molar-refractivity contribution in [3.8, 4) is 0 Å². The Hall–Kier alpha value is -1.89. The molecule has 1 aromatic heterocycles. The van der Waals surface area contributed by atoms with Crippen LogP contribution in [0.25, 0.3) is 0 Å². The van der Waals surface area contributed by atoms with E-state index in [1.807, 2.05) is 6.92 Å². The van der Waals surface area contributed by atoms with Gasteiger partial charge in [-0.2, -0.15) is 0 Å². The largest absolute Gasteiger partial charge is 0.351 e. The molecule has 1 aliphatic heterocycles. The van der Waals surface area contributed by atoms with Crippen molar-refractivity contribution >= 4 is 11.6 Å². The average Bonchev–Trinajstić information content (AvgIpc) is 3.08. The maximum Gasteiger partial charge on any atom is 0.287 e. The van der Waals surface area contributed by atoms with E-state index in [1.54, 1.807) is 4.57 Å². The van der Waals surface area contributed by atoms with E-state index < -0.39 is 4.92 Å². The van der Waals surface area contributed by atoms with Gasteiger partial charge in [-0.15, -0.1) is 0 Å². The van der Waals surface area contributed by atoms with Gasteiger partial charge in [0, 0.05) is 25.2 Å². The third-order valence-corrected chi connectivity index (χ3v) is 3.73. The summed E-state index contributed by atoms with van der Waals surface area (Å²) < 4.78 is 1.65. The highest BCUT2D eigenvalue weighted by molar-refractivity contribution is 5.93. The van der Waals surface area contributed by atoms with Crippen molar-refractivity contribution in [2.45, 2.75) is 45.2 Å². The van der Waals surface area contributed by atoms with Crippen LogP contribution in [0.1, 0.15) is 43.1 Å². The number of hydrogen-bond donors (Lipinski definition) is 2. The van der Waals surface area contributed by atoms with Crippen molar-refractivity contribution in [2.24, 2.45) is 0 Å². The number of nitrogens with zero attached hydrogens (tertiary/aromatic N) is 2. The molecule has 2 rings (SSSR count). The zero-order valence-corrected chi connectivity index (χ0v) is 12.3. The topological polar surface area (TPSA) is 89.2 Å². The van der Waals surface area contributed by atoms with Crippen molar-refractivity contribution in [3.63, 3.8) is 0 Å². The van der Waals surface area contributed by atoms with Crippen LogP contribution < -0.4 is 10.6 Å². The van der Waals surface area contributed by atoms with Crippen molar-refractivity contribution < 1.29 is 9.72 Å². The highest BCUT2D eigenvalue weighted by Gasteiger charge is 2.19. The summed E-state index contributed by atoms with van der Waals surface area (Å²) in [4.78, 5) is 22.5. The van der Waals surface area contributed by atoms with Gasteiger partial charge in [0.25, 0.3) is 11.6 Å². The Labute approximate surface area is 123 Å². The van der Waals surface area contributed by atoms with Crippen LogP contribution in [0.5, 0.6) is 0 Å². The van der Waals surface area contributed by atoms with E-state index in [9.17, 15) is 14.9 Å². The number of nitrogens with one attached hydrogen (secondary N) is 2. The lowest BCUT2D eigenvalue weighted by Gasteiger charge is -2.11. The molecule has 21 heavy (non-hydrogen) atoms. The van der Waals surface area contributed by atoms with E-state index in [0.717, 1.165) is 25.8 Å². The molecule has 7 heteroatoms. The van der Waals surface area contributed by atoms with Crippen molar-refractivity contribution in [1.29, 1.82) is 0 Å².